The SMILES string of the molecule is C[C@H]1CCCN1C(=O)CCN1CCN(C/C=C\c2ccccc2)CC1. The van der Waals surface area contributed by atoms with Gasteiger partial charge < -0.3 is 9.80 Å². The third kappa shape index (κ3) is 5.41. The number of benzene rings is 1. The van der Waals surface area contributed by atoms with Crippen molar-refractivity contribution in [3.05, 3.63) is 42.0 Å². The first-order valence-electron chi connectivity index (χ1n) is 9.68. The Kier molecular flexibility index (Phi) is 6.65. The molecule has 0 aliphatic carbocycles. The van der Waals surface area contributed by atoms with Gasteiger partial charge in [0.15, 0.2) is 0 Å². The van der Waals surface area contributed by atoms with Crippen LogP contribution in [0.1, 0.15) is 31.7 Å². The van der Waals surface area contributed by atoms with Gasteiger partial charge in [-0.2, -0.15) is 0 Å². The molecule has 1 atom stereocenters. The van der Waals surface area contributed by atoms with Gasteiger partial charge in [0, 0.05) is 58.3 Å². The van der Waals surface area contributed by atoms with E-state index < -0.39 is 0 Å². The van der Waals surface area contributed by atoms with Crippen LogP contribution in [0.25, 0.3) is 6.08 Å². The van der Waals surface area contributed by atoms with E-state index in [-0.39, 0.29) is 0 Å². The molecule has 4 nitrogen and oxygen atoms in total. The summed E-state index contributed by atoms with van der Waals surface area (Å²) < 4.78 is 0. The van der Waals surface area contributed by atoms with Crippen LogP contribution >= 0.6 is 0 Å². The standard InChI is InChI=1S/C21H31N3O/c1-19-7-5-13-24(19)21(25)11-14-23-17-15-22(16-18-23)12-6-10-20-8-3-2-4-9-20/h2-4,6,8-10,19H,5,7,11-18H2,1H3/b10-6-/t19-/m0/s1. The maximum absolute atomic E-state index is 12.3. The molecule has 0 N–H and O–H groups in total. The van der Waals surface area contributed by atoms with Crippen LogP contribution in [0.4, 0.5) is 0 Å². The number of rotatable bonds is 6. The van der Waals surface area contributed by atoms with Crippen molar-refractivity contribution in [3.8, 4) is 0 Å². The third-order valence-corrected chi connectivity index (χ3v) is 5.45. The van der Waals surface area contributed by atoms with E-state index in [1.807, 2.05) is 6.07 Å². The molecule has 0 spiro atoms. The highest BCUT2D eigenvalue weighted by Gasteiger charge is 2.25. The minimum absolute atomic E-state index is 0.346. The molecule has 1 aromatic rings. The van der Waals surface area contributed by atoms with Crippen molar-refractivity contribution in [1.82, 2.24) is 14.7 Å². The van der Waals surface area contributed by atoms with Crippen molar-refractivity contribution in [2.24, 2.45) is 0 Å². The predicted octanol–water partition coefficient (Wildman–Crippen LogP) is 2.72. The van der Waals surface area contributed by atoms with Crippen LogP contribution in [0, 0.1) is 0 Å². The lowest BCUT2D eigenvalue weighted by atomic mass is 10.2. The van der Waals surface area contributed by atoms with Gasteiger partial charge in [-0.25, -0.2) is 0 Å². The van der Waals surface area contributed by atoms with Crippen molar-refractivity contribution in [1.29, 1.82) is 0 Å². The molecule has 25 heavy (non-hydrogen) atoms. The number of hydrogen-bond acceptors (Lipinski definition) is 3. The number of hydrogen-bond donors (Lipinski definition) is 0. The second-order valence-electron chi connectivity index (χ2n) is 7.28. The number of amides is 1. The third-order valence-electron chi connectivity index (χ3n) is 5.45. The molecule has 0 aromatic heterocycles. The van der Waals surface area contributed by atoms with E-state index in [2.05, 4.69) is 58.0 Å². The Hall–Kier alpha value is -1.65. The molecule has 2 fully saturated rings. The van der Waals surface area contributed by atoms with E-state index in [4.69, 9.17) is 0 Å². The normalized spacial score (nSPS) is 22.8. The fraction of sp³-hybridized carbons (Fsp3) is 0.571. The maximum Gasteiger partial charge on any atom is 0.224 e. The molecule has 0 bridgehead atoms. The van der Waals surface area contributed by atoms with Crippen molar-refractivity contribution in [3.63, 3.8) is 0 Å². The number of likely N-dealkylation sites (tertiary alicyclic amines) is 1. The quantitative estimate of drug-likeness (QED) is 0.796. The lowest BCUT2D eigenvalue weighted by molar-refractivity contribution is -0.132. The first-order valence-corrected chi connectivity index (χ1v) is 9.68. The summed E-state index contributed by atoms with van der Waals surface area (Å²) in [6.07, 6.45) is 7.47. The first-order chi connectivity index (χ1) is 12.2. The summed E-state index contributed by atoms with van der Waals surface area (Å²) in [5.74, 6) is 0.346. The molecule has 0 unspecified atom stereocenters. The number of piperazine rings is 1. The Bertz CT molecular complexity index is 564. The van der Waals surface area contributed by atoms with Crippen molar-refractivity contribution >= 4 is 12.0 Å². The molecule has 1 aromatic carbocycles. The second kappa shape index (κ2) is 9.16. The van der Waals surface area contributed by atoms with Crippen molar-refractivity contribution < 1.29 is 4.79 Å². The number of carbonyl (C=O) groups is 1. The monoisotopic (exact) mass is 341 g/mol. The van der Waals surface area contributed by atoms with Gasteiger partial charge in [0.2, 0.25) is 5.91 Å². The fourth-order valence-corrected chi connectivity index (χ4v) is 3.80. The molecule has 2 aliphatic rings. The van der Waals surface area contributed by atoms with Crippen molar-refractivity contribution in [2.75, 3.05) is 45.8 Å². The average Bonchev–Trinajstić information content (AvgIpc) is 3.08. The van der Waals surface area contributed by atoms with Crippen LogP contribution in [-0.4, -0.2) is 72.5 Å². The van der Waals surface area contributed by atoms with E-state index in [9.17, 15) is 4.79 Å². The minimum Gasteiger partial charge on any atom is -0.340 e. The number of nitrogens with zero attached hydrogens (tertiary/aromatic N) is 3. The van der Waals surface area contributed by atoms with Crippen LogP contribution < -0.4 is 0 Å². The Morgan fingerprint density at radius 3 is 2.48 bits per heavy atom. The van der Waals surface area contributed by atoms with Gasteiger partial charge in [0.05, 0.1) is 0 Å². The Morgan fingerprint density at radius 2 is 1.80 bits per heavy atom. The number of carbonyl (C=O) groups excluding carboxylic acids is 1. The summed E-state index contributed by atoms with van der Waals surface area (Å²) in [6.45, 7) is 9.38. The zero-order valence-corrected chi connectivity index (χ0v) is 15.4. The van der Waals surface area contributed by atoms with E-state index in [1.165, 1.54) is 18.4 Å². The molecule has 0 radical (unpaired) electrons. The highest BCUT2D eigenvalue weighted by atomic mass is 16.2. The highest BCUT2D eigenvalue weighted by molar-refractivity contribution is 5.77. The largest absolute Gasteiger partial charge is 0.340 e. The Morgan fingerprint density at radius 1 is 1.08 bits per heavy atom. The zero-order chi connectivity index (χ0) is 17.5. The van der Waals surface area contributed by atoms with Gasteiger partial charge in [0.25, 0.3) is 0 Å². The fourth-order valence-electron chi connectivity index (χ4n) is 3.80. The molecule has 136 valence electrons. The molecule has 1 amide bonds. The van der Waals surface area contributed by atoms with Gasteiger partial charge in [-0.05, 0) is 25.3 Å². The molecular weight excluding hydrogens is 310 g/mol. The molecule has 2 heterocycles. The van der Waals surface area contributed by atoms with Gasteiger partial charge in [-0.1, -0.05) is 42.5 Å². The first kappa shape index (κ1) is 18.2. The zero-order valence-electron chi connectivity index (χ0n) is 15.4. The Balaban J connectivity index is 1.33. The average molecular weight is 341 g/mol. The second-order valence-corrected chi connectivity index (χ2v) is 7.28. The van der Waals surface area contributed by atoms with Crippen LogP contribution in [0.3, 0.4) is 0 Å². The van der Waals surface area contributed by atoms with Gasteiger partial charge >= 0.3 is 0 Å². The van der Waals surface area contributed by atoms with E-state index >= 15 is 0 Å². The molecule has 2 aliphatic heterocycles. The summed E-state index contributed by atoms with van der Waals surface area (Å²) in [7, 11) is 0. The molecule has 3 rings (SSSR count). The topological polar surface area (TPSA) is 26.8 Å². The van der Waals surface area contributed by atoms with Crippen molar-refractivity contribution in [2.45, 2.75) is 32.2 Å². The van der Waals surface area contributed by atoms with Gasteiger partial charge in [-0.15, -0.1) is 0 Å². The lowest BCUT2D eigenvalue weighted by Crippen LogP contribution is -2.47. The van der Waals surface area contributed by atoms with Crippen LogP contribution in [-0.2, 0) is 4.79 Å². The molecular formula is C21H31N3O. The molecule has 4 heteroatoms. The van der Waals surface area contributed by atoms with E-state index in [0.717, 1.165) is 45.8 Å². The molecule has 2 saturated heterocycles. The smallest absolute Gasteiger partial charge is 0.224 e. The summed E-state index contributed by atoms with van der Waals surface area (Å²) in [5.41, 5.74) is 1.26. The van der Waals surface area contributed by atoms with E-state index in [0.29, 0.717) is 18.4 Å². The minimum atomic E-state index is 0.346. The maximum atomic E-state index is 12.3. The van der Waals surface area contributed by atoms with Crippen LogP contribution in [0.5, 0.6) is 0 Å². The lowest BCUT2D eigenvalue weighted by Gasteiger charge is -2.34. The summed E-state index contributed by atoms with van der Waals surface area (Å²) in [5, 5.41) is 0. The predicted molar refractivity (Wildman–Crippen MR) is 103 cm³/mol. The highest BCUT2D eigenvalue weighted by Crippen LogP contribution is 2.17. The van der Waals surface area contributed by atoms with Gasteiger partial charge in [0.1, 0.15) is 0 Å². The summed E-state index contributed by atoms with van der Waals surface area (Å²) in [4.78, 5) is 19.3. The van der Waals surface area contributed by atoms with Gasteiger partial charge in [-0.3, -0.25) is 9.69 Å². The Labute approximate surface area is 152 Å². The van der Waals surface area contributed by atoms with Crippen LogP contribution in [0.2, 0.25) is 0 Å². The summed E-state index contributed by atoms with van der Waals surface area (Å²) >= 11 is 0. The van der Waals surface area contributed by atoms with Crippen LogP contribution in [0.15, 0.2) is 36.4 Å². The molecule has 0 saturated carbocycles. The summed E-state index contributed by atoms with van der Waals surface area (Å²) in [6, 6.07) is 10.9. The van der Waals surface area contributed by atoms with E-state index in [1.54, 1.807) is 0 Å².